The molecule has 1 aromatic carbocycles. The SMILES string of the molecule is Cc1nc(Nc2ccccc2)nc(C#N)c1F. The average molecular weight is 228 g/mol. The highest BCUT2D eigenvalue weighted by Crippen LogP contribution is 2.15. The largest absolute Gasteiger partial charge is 0.324 e. The van der Waals surface area contributed by atoms with Gasteiger partial charge in [-0.15, -0.1) is 0 Å². The molecule has 1 heterocycles. The average Bonchev–Trinajstić information content (AvgIpc) is 2.35. The fourth-order valence-corrected chi connectivity index (χ4v) is 1.34. The smallest absolute Gasteiger partial charge is 0.228 e. The molecule has 0 saturated carbocycles. The second-order valence-corrected chi connectivity index (χ2v) is 3.40. The number of halogens is 1. The molecule has 0 atom stereocenters. The van der Waals surface area contributed by atoms with Crippen molar-refractivity contribution in [1.82, 2.24) is 9.97 Å². The molecule has 0 aliphatic carbocycles. The molecule has 0 spiro atoms. The van der Waals surface area contributed by atoms with E-state index in [2.05, 4.69) is 15.3 Å². The van der Waals surface area contributed by atoms with Crippen LogP contribution >= 0.6 is 0 Å². The summed E-state index contributed by atoms with van der Waals surface area (Å²) >= 11 is 0. The lowest BCUT2D eigenvalue weighted by molar-refractivity contribution is 0.597. The Balaban J connectivity index is 2.35. The molecule has 0 unspecified atom stereocenters. The third-order valence-electron chi connectivity index (χ3n) is 2.15. The molecule has 1 N–H and O–H groups in total. The zero-order valence-electron chi connectivity index (χ0n) is 9.11. The zero-order chi connectivity index (χ0) is 12.3. The number of aryl methyl sites for hydroxylation is 1. The first-order valence-corrected chi connectivity index (χ1v) is 4.97. The molecule has 1 aromatic heterocycles. The lowest BCUT2D eigenvalue weighted by atomic mass is 10.3. The fourth-order valence-electron chi connectivity index (χ4n) is 1.34. The van der Waals surface area contributed by atoms with Crippen molar-refractivity contribution in [1.29, 1.82) is 5.26 Å². The minimum atomic E-state index is -0.675. The van der Waals surface area contributed by atoms with Crippen LogP contribution in [0.15, 0.2) is 30.3 Å². The maximum absolute atomic E-state index is 13.3. The molecule has 2 rings (SSSR count). The van der Waals surface area contributed by atoms with Crippen LogP contribution in [0, 0.1) is 24.1 Å². The Morgan fingerprint density at radius 2 is 1.94 bits per heavy atom. The number of nitriles is 1. The van der Waals surface area contributed by atoms with Gasteiger partial charge in [0.1, 0.15) is 6.07 Å². The summed E-state index contributed by atoms with van der Waals surface area (Å²) in [5, 5.41) is 11.6. The van der Waals surface area contributed by atoms with Gasteiger partial charge < -0.3 is 5.32 Å². The van der Waals surface area contributed by atoms with Crippen molar-refractivity contribution in [3.63, 3.8) is 0 Å². The Labute approximate surface area is 97.8 Å². The van der Waals surface area contributed by atoms with Gasteiger partial charge in [0.25, 0.3) is 0 Å². The highest BCUT2D eigenvalue weighted by Gasteiger charge is 2.10. The van der Waals surface area contributed by atoms with E-state index in [1.165, 1.54) is 6.92 Å². The molecule has 0 bridgehead atoms. The summed E-state index contributed by atoms with van der Waals surface area (Å²) in [5.41, 5.74) is 0.674. The summed E-state index contributed by atoms with van der Waals surface area (Å²) in [5.74, 6) is -0.460. The van der Waals surface area contributed by atoms with Crippen LogP contribution < -0.4 is 5.32 Å². The Kier molecular flexibility index (Phi) is 2.97. The quantitative estimate of drug-likeness (QED) is 0.857. The second-order valence-electron chi connectivity index (χ2n) is 3.40. The minimum Gasteiger partial charge on any atom is -0.324 e. The Bertz CT molecular complexity index is 575. The minimum absolute atomic E-state index is 0.148. The molecule has 0 radical (unpaired) electrons. The number of nitrogens with zero attached hydrogens (tertiary/aromatic N) is 3. The maximum atomic E-state index is 13.3. The normalized spacial score (nSPS) is 9.71. The van der Waals surface area contributed by atoms with E-state index in [9.17, 15) is 4.39 Å². The topological polar surface area (TPSA) is 61.6 Å². The van der Waals surface area contributed by atoms with Crippen molar-refractivity contribution in [3.05, 3.63) is 47.5 Å². The number of anilines is 2. The molecular formula is C12H9FN4. The maximum Gasteiger partial charge on any atom is 0.228 e. The highest BCUT2D eigenvalue weighted by molar-refractivity contribution is 5.53. The predicted molar refractivity (Wildman–Crippen MR) is 61.2 cm³/mol. The summed E-state index contributed by atoms with van der Waals surface area (Å²) in [6, 6.07) is 10.9. The van der Waals surface area contributed by atoms with E-state index in [0.717, 1.165) is 5.69 Å². The van der Waals surface area contributed by atoms with Crippen LogP contribution in [0.25, 0.3) is 0 Å². The number of nitrogens with one attached hydrogen (secondary N) is 1. The van der Waals surface area contributed by atoms with Gasteiger partial charge in [0.15, 0.2) is 11.5 Å². The summed E-state index contributed by atoms with van der Waals surface area (Å²) < 4.78 is 13.3. The first kappa shape index (κ1) is 11.0. The first-order valence-electron chi connectivity index (χ1n) is 4.97. The van der Waals surface area contributed by atoms with E-state index < -0.39 is 5.82 Å². The van der Waals surface area contributed by atoms with Crippen LogP contribution in [0.5, 0.6) is 0 Å². The molecule has 0 amide bonds. The van der Waals surface area contributed by atoms with E-state index in [1.54, 1.807) is 6.07 Å². The summed E-state index contributed by atoms with van der Waals surface area (Å²) in [6.07, 6.45) is 0. The van der Waals surface area contributed by atoms with Gasteiger partial charge >= 0.3 is 0 Å². The third kappa shape index (κ3) is 2.37. The fraction of sp³-hybridized carbons (Fsp3) is 0.0833. The van der Waals surface area contributed by atoms with Gasteiger partial charge in [-0.2, -0.15) is 10.2 Å². The van der Waals surface area contributed by atoms with E-state index in [0.29, 0.717) is 0 Å². The van der Waals surface area contributed by atoms with Crippen molar-refractivity contribution in [2.45, 2.75) is 6.92 Å². The number of para-hydroxylation sites is 1. The van der Waals surface area contributed by atoms with Crippen LogP contribution in [0.2, 0.25) is 0 Å². The summed E-state index contributed by atoms with van der Waals surface area (Å²) in [7, 11) is 0. The highest BCUT2D eigenvalue weighted by atomic mass is 19.1. The van der Waals surface area contributed by atoms with Gasteiger partial charge in [-0.3, -0.25) is 0 Å². The van der Waals surface area contributed by atoms with Crippen molar-refractivity contribution < 1.29 is 4.39 Å². The molecule has 0 fully saturated rings. The lowest BCUT2D eigenvalue weighted by Gasteiger charge is -2.06. The van der Waals surface area contributed by atoms with Gasteiger partial charge in [-0.05, 0) is 19.1 Å². The Hall–Kier alpha value is -2.48. The number of hydrogen-bond acceptors (Lipinski definition) is 4. The van der Waals surface area contributed by atoms with Gasteiger partial charge in [0.2, 0.25) is 5.95 Å². The zero-order valence-corrected chi connectivity index (χ0v) is 9.11. The van der Waals surface area contributed by atoms with E-state index >= 15 is 0 Å². The Morgan fingerprint density at radius 3 is 2.59 bits per heavy atom. The van der Waals surface area contributed by atoms with Crippen LogP contribution in [0.4, 0.5) is 16.0 Å². The van der Waals surface area contributed by atoms with Crippen LogP contribution in [-0.4, -0.2) is 9.97 Å². The van der Waals surface area contributed by atoms with Crippen LogP contribution in [0.3, 0.4) is 0 Å². The predicted octanol–water partition coefficient (Wildman–Crippen LogP) is 2.54. The molecule has 0 aliphatic heterocycles. The number of aromatic nitrogens is 2. The van der Waals surface area contributed by atoms with Gasteiger partial charge in [-0.25, -0.2) is 9.37 Å². The molecule has 0 saturated heterocycles. The molecule has 17 heavy (non-hydrogen) atoms. The Morgan fingerprint density at radius 1 is 1.24 bits per heavy atom. The molecule has 84 valence electrons. The van der Waals surface area contributed by atoms with Gasteiger partial charge in [0, 0.05) is 5.69 Å². The lowest BCUT2D eigenvalue weighted by Crippen LogP contribution is -2.03. The van der Waals surface area contributed by atoms with E-state index in [4.69, 9.17) is 5.26 Å². The number of rotatable bonds is 2. The summed E-state index contributed by atoms with van der Waals surface area (Å²) in [4.78, 5) is 7.72. The van der Waals surface area contributed by atoms with Crippen LogP contribution in [-0.2, 0) is 0 Å². The number of benzene rings is 1. The third-order valence-corrected chi connectivity index (χ3v) is 2.15. The van der Waals surface area contributed by atoms with E-state index in [-0.39, 0.29) is 17.3 Å². The molecule has 0 aliphatic rings. The molecule has 4 nitrogen and oxygen atoms in total. The van der Waals surface area contributed by atoms with Crippen molar-refractivity contribution >= 4 is 11.6 Å². The molecule has 2 aromatic rings. The van der Waals surface area contributed by atoms with Crippen molar-refractivity contribution in [2.75, 3.05) is 5.32 Å². The summed E-state index contributed by atoms with van der Waals surface area (Å²) in [6.45, 7) is 1.49. The standard InChI is InChI=1S/C12H9FN4/c1-8-11(13)10(7-14)17-12(15-8)16-9-5-3-2-4-6-9/h2-6H,1H3,(H,15,16,17). The number of hydrogen-bond donors (Lipinski definition) is 1. The van der Waals surface area contributed by atoms with Crippen LogP contribution in [0.1, 0.15) is 11.4 Å². The van der Waals surface area contributed by atoms with Gasteiger partial charge in [0.05, 0.1) is 5.69 Å². The molecule has 5 heteroatoms. The van der Waals surface area contributed by atoms with Crippen molar-refractivity contribution in [2.24, 2.45) is 0 Å². The van der Waals surface area contributed by atoms with Gasteiger partial charge in [-0.1, -0.05) is 18.2 Å². The monoisotopic (exact) mass is 228 g/mol. The molecular weight excluding hydrogens is 219 g/mol. The van der Waals surface area contributed by atoms with Crippen molar-refractivity contribution in [3.8, 4) is 6.07 Å². The first-order chi connectivity index (χ1) is 8.20. The second kappa shape index (κ2) is 4.58. The van der Waals surface area contributed by atoms with E-state index in [1.807, 2.05) is 30.3 Å².